The first-order valence-corrected chi connectivity index (χ1v) is 6.42. The molecule has 0 aromatic heterocycles. The van der Waals surface area contributed by atoms with Gasteiger partial charge in [0.05, 0.1) is 13.2 Å². The van der Waals surface area contributed by atoms with Gasteiger partial charge in [-0.25, -0.2) is 10.0 Å². The molecule has 100 valence electrons. The van der Waals surface area contributed by atoms with Crippen molar-refractivity contribution in [3.8, 4) is 0 Å². The van der Waals surface area contributed by atoms with E-state index in [1.54, 1.807) is 0 Å². The molecule has 0 unspecified atom stereocenters. The number of anilines is 2. The predicted molar refractivity (Wildman–Crippen MR) is 73.7 cm³/mol. The zero-order valence-corrected chi connectivity index (χ0v) is 10.9. The van der Waals surface area contributed by atoms with E-state index >= 15 is 0 Å². The van der Waals surface area contributed by atoms with Crippen molar-refractivity contribution in [2.45, 2.75) is 13.5 Å². The van der Waals surface area contributed by atoms with Crippen LogP contribution < -0.4 is 11.5 Å². The molecule has 1 fully saturated rings. The first-order chi connectivity index (χ1) is 8.70. The van der Waals surface area contributed by atoms with E-state index in [0.717, 1.165) is 56.3 Å². The summed E-state index contributed by atoms with van der Waals surface area (Å²) in [7, 11) is 0. The molecule has 5 nitrogen and oxygen atoms in total. The number of hydrazine groups is 1. The lowest BCUT2D eigenvalue weighted by Gasteiger charge is -2.37. The molecule has 1 aliphatic rings. The standard InChI is InChI=1S/C13H22N4O/c1-2-16(17-5-7-18-8-6-17)10-11-9-12(14)3-4-13(11)15/h3-4,9H,2,5-8,10,14-15H2,1H3. The minimum Gasteiger partial charge on any atom is -0.399 e. The fourth-order valence-corrected chi connectivity index (χ4v) is 2.21. The average molecular weight is 250 g/mol. The minimum atomic E-state index is 0.761. The summed E-state index contributed by atoms with van der Waals surface area (Å²) in [5, 5.41) is 4.62. The Bertz CT molecular complexity index is 391. The zero-order chi connectivity index (χ0) is 13.0. The van der Waals surface area contributed by atoms with Gasteiger partial charge in [0.2, 0.25) is 0 Å². The third-order valence-electron chi connectivity index (χ3n) is 3.27. The highest BCUT2D eigenvalue weighted by Crippen LogP contribution is 2.18. The van der Waals surface area contributed by atoms with Gasteiger partial charge in [0.25, 0.3) is 0 Å². The molecule has 4 N–H and O–H groups in total. The van der Waals surface area contributed by atoms with Gasteiger partial charge < -0.3 is 16.2 Å². The Morgan fingerprint density at radius 1 is 1.28 bits per heavy atom. The minimum absolute atomic E-state index is 0.761. The average Bonchev–Trinajstić information content (AvgIpc) is 2.41. The van der Waals surface area contributed by atoms with Crippen LogP contribution in [0.25, 0.3) is 0 Å². The van der Waals surface area contributed by atoms with Gasteiger partial charge in [-0.05, 0) is 23.8 Å². The Labute approximate surface area is 108 Å². The molecule has 0 aliphatic carbocycles. The third-order valence-corrected chi connectivity index (χ3v) is 3.27. The van der Waals surface area contributed by atoms with Gasteiger partial charge in [-0.3, -0.25) is 0 Å². The van der Waals surface area contributed by atoms with Gasteiger partial charge in [0.1, 0.15) is 0 Å². The Morgan fingerprint density at radius 2 is 2.00 bits per heavy atom. The summed E-state index contributed by atoms with van der Waals surface area (Å²) in [4.78, 5) is 0. The second-order valence-corrected chi connectivity index (χ2v) is 4.51. The summed E-state index contributed by atoms with van der Waals surface area (Å²) in [5.74, 6) is 0. The van der Waals surface area contributed by atoms with E-state index in [4.69, 9.17) is 16.2 Å². The Kier molecular flexibility index (Phi) is 4.41. The summed E-state index contributed by atoms with van der Waals surface area (Å²) in [6, 6.07) is 5.67. The fourth-order valence-electron chi connectivity index (χ4n) is 2.21. The Morgan fingerprint density at radius 3 is 2.67 bits per heavy atom. The van der Waals surface area contributed by atoms with E-state index in [1.807, 2.05) is 18.2 Å². The molecule has 1 aromatic rings. The van der Waals surface area contributed by atoms with Crippen molar-refractivity contribution in [3.05, 3.63) is 23.8 Å². The van der Waals surface area contributed by atoms with Crippen molar-refractivity contribution < 1.29 is 4.74 Å². The highest BCUT2D eigenvalue weighted by Gasteiger charge is 2.18. The van der Waals surface area contributed by atoms with Crippen LogP contribution in [0.15, 0.2) is 18.2 Å². The van der Waals surface area contributed by atoms with Crippen LogP contribution in [0, 0.1) is 0 Å². The molecule has 1 saturated heterocycles. The summed E-state index contributed by atoms with van der Waals surface area (Å²) in [6.45, 7) is 7.37. The highest BCUT2D eigenvalue weighted by molar-refractivity contribution is 5.55. The zero-order valence-electron chi connectivity index (χ0n) is 10.9. The van der Waals surface area contributed by atoms with Crippen molar-refractivity contribution in [1.82, 2.24) is 10.0 Å². The third kappa shape index (κ3) is 3.13. The lowest BCUT2D eigenvalue weighted by atomic mass is 10.1. The SMILES string of the molecule is CCN(Cc1cc(N)ccc1N)N1CCOCC1. The molecule has 1 aromatic carbocycles. The van der Waals surface area contributed by atoms with Crippen molar-refractivity contribution in [2.75, 3.05) is 44.3 Å². The van der Waals surface area contributed by atoms with Crippen LogP contribution >= 0.6 is 0 Å². The van der Waals surface area contributed by atoms with E-state index in [-0.39, 0.29) is 0 Å². The number of benzene rings is 1. The normalized spacial score (nSPS) is 17.2. The summed E-state index contributed by atoms with van der Waals surface area (Å²) >= 11 is 0. The van der Waals surface area contributed by atoms with E-state index in [1.165, 1.54) is 0 Å². The molecule has 18 heavy (non-hydrogen) atoms. The predicted octanol–water partition coefficient (Wildman–Crippen LogP) is 0.920. The Hall–Kier alpha value is -1.30. The van der Waals surface area contributed by atoms with E-state index in [9.17, 15) is 0 Å². The molecule has 0 saturated carbocycles. The van der Waals surface area contributed by atoms with E-state index in [0.29, 0.717) is 0 Å². The van der Waals surface area contributed by atoms with Gasteiger partial charge >= 0.3 is 0 Å². The van der Waals surface area contributed by atoms with Gasteiger partial charge in [0.15, 0.2) is 0 Å². The second kappa shape index (κ2) is 6.04. The summed E-state index contributed by atoms with van der Waals surface area (Å²) in [5.41, 5.74) is 14.5. The second-order valence-electron chi connectivity index (χ2n) is 4.51. The molecule has 0 radical (unpaired) electrons. The van der Waals surface area contributed by atoms with Gasteiger partial charge in [-0.1, -0.05) is 6.92 Å². The van der Waals surface area contributed by atoms with Crippen molar-refractivity contribution in [1.29, 1.82) is 0 Å². The maximum absolute atomic E-state index is 6.00. The Balaban J connectivity index is 2.06. The molecule has 1 aliphatic heterocycles. The van der Waals surface area contributed by atoms with Crippen LogP contribution in [-0.4, -0.2) is 42.9 Å². The maximum Gasteiger partial charge on any atom is 0.0608 e. The van der Waals surface area contributed by atoms with Crippen LogP contribution in [0.3, 0.4) is 0 Å². The van der Waals surface area contributed by atoms with E-state index < -0.39 is 0 Å². The lowest BCUT2D eigenvalue weighted by Crippen LogP contribution is -2.48. The van der Waals surface area contributed by atoms with Crippen LogP contribution in [0.5, 0.6) is 0 Å². The van der Waals surface area contributed by atoms with Crippen LogP contribution in [-0.2, 0) is 11.3 Å². The van der Waals surface area contributed by atoms with Crippen LogP contribution in [0.2, 0.25) is 0 Å². The number of nitrogens with two attached hydrogens (primary N) is 2. The monoisotopic (exact) mass is 250 g/mol. The molecule has 0 atom stereocenters. The van der Waals surface area contributed by atoms with Crippen molar-refractivity contribution in [3.63, 3.8) is 0 Å². The number of rotatable bonds is 4. The van der Waals surface area contributed by atoms with Crippen LogP contribution in [0.1, 0.15) is 12.5 Å². The fraction of sp³-hybridized carbons (Fsp3) is 0.538. The number of morpholine rings is 1. The number of nitrogens with zero attached hydrogens (tertiary/aromatic N) is 2. The van der Waals surface area contributed by atoms with Crippen molar-refractivity contribution >= 4 is 11.4 Å². The number of hydrogen-bond donors (Lipinski definition) is 2. The molecule has 0 spiro atoms. The van der Waals surface area contributed by atoms with Gasteiger partial charge in [-0.15, -0.1) is 0 Å². The molecular weight excluding hydrogens is 228 g/mol. The summed E-state index contributed by atoms with van der Waals surface area (Å²) < 4.78 is 5.37. The number of nitrogen functional groups attached to an aromatic ring is 2. The van der Waals surface area contributed by atoms with Gasteiger partial charge in [-0.2, -0.15) is 0 Å². The van der Waals surface area contributed by atoms with Crippen LogP contribution in [0.4, 0.5) is 11.4 Å². The molecule has 0 amide bonds. The number of ether oxygens (including phenoxy) is 1. The molecule has 2 rings (SSSR count). The molecular formula is C13H22N4O. The first kappa shape index (κ1) is 13.1. The summed E-state index contributed by atoms with van der Waals surface area (Å²) in [6.07, 6.45) is 0. The molecule has 1 heterocycles. The molecule has 5 heteroatoms. The maximum atomic E-state index is 6.00. The first-order valence-electron chi connectivity index (χ1n) is 6.42. The smallest absolute Gasteiger partial charge is 0.0608 e. The van der Waals surface area contributed by atoms with Crippen molar-refractivity contribution in [2.24, 2.45) is 0 Å². The largest absolute Gasteiger partial charge is 0.399 e. The lowest BCUT2D eigenvalue weighted by molar-refractivity contribution is -0.0925. The highest BCUT2D eigenvalue weighted by atomic mass is 16.5. The number of hydrogen-bond acceptors (Lipinski definition) is 5. The topological polar surface area (TPSA) is 67.8 Å². The quantitative estimate of drug-likeness (QED) is 0.778. The van der Waals surface area contributed by atoms with Gasteiger partial charge in [0, 0.05) is 37.6 Å². The van der Waals surface area contributed by atoms with E-state index in [2.05, 4.69) is 16.9 Å². The molecule has 0 bridgehead atoms.